The fourth-order valence-corrected chi connectivity index (χ4v) is 3.83. The fourth-order valence-electron chi connectivity index (χ4n) is 3.83. The highest BCUT2D eigenvalue weighted by Crippen LogP contribution is 2.19. The first-order valence-corrected chi connectivity index (χ1v) is 11.1. The lowest BCUT2D eigenvalue weighted by atomic mass is 10.1. The summed E-state index contributed by atoms with van der Waals surface area (Å²) in [5.74, 6) is -0.393. The molecule has 168 valence electrons. The van der Waals surface area contributed by atoms with E-state index < -0.39 is 0 Å². The van der Waals surface area contributed by atoms with Crippen molar-refractivity contribution < 1.29 is 14.4 Å². The minimum Gasteiger partial charge on any atom is -0.348 e. The molecule has 0 saturated carbocycles. The summed E-state index contributed by atoms with van der Waals surface area (Å²) in [5.41, 5.74) is 4.06. The van der Waals surface area contributed by atoms with E-state index in [2.05, 4.69) is 10.6 Å². The Bertz CT molecular complexity index is 1150. The SMILES string of the molecule is Cc1ccc(C(=O)NCc2ccc(C(=O)N3CCCC3)cc2)cc1NC(=O)c1ccccc1. The molecule has 1 aliphatic heterocycles. The number of rotatable bonds is 6. The number of amides is 3. The molecule has 1 aliphatic rings. The van der Waals surface area contributed by atoms with Gasteiger partial charge in [0.2, 0.25) is 0 Å². The number of nitrogens with zero attached hydrogens (tertiary/aromatic N) is 1. The molecule has 1 fully saturated rings. The first-order chi connectivity index (χ1) is 16.0. The van der Waals surface area contributed by atoms with Crippen molar-refractivity contribution >= 4 is 23.4 Å². The lowest BCUT2D eigenvalue weighted by molar-refractivity contribution is 0.0792. The van der Waals surface area contributed by atoms with Crippen molar-refractivity contribution in [3.05, 3.63) is 101 Å². The van der Waals surface area contributed by atoms with Crippen LogP contribution in [0.25, 0.3) is 0 Å². The zero-order valence-corrected chi connectivity index (χ0v) is 18.6. The van der Waals surface area contributed by atoms with Crippen LogP contribution in [0.4, 0.5) is 5.69 Å². The minimum absolute atomic E-state index is 0.0628. The van der Waals surface area contributed by atoms with E-state index in [4.69, 9.17) is 0 Å². The Balaban J connectivity index is 1.37. The second-order valence-electron chi connectivity index (χ2n) is 8.23. The van der Waals surface area contributed by atoms with Gasteiger partial charge in [-0.3, -0.25) is 14.4 Å². The third-order valence-electron chi connectivity index (χ3n) is 5.83. The van der Waals surface area contributed by atoms with E-state index in [0.29, 0.717) is 28.9 Å². The molecule has 0 bridgehead atoms. The summed E-state index contributed by atoms with van der Waals surface area (Å²) in [4.78, 5) is 39.5. The van der Waals surface area contributed by atoms with E-state index >= 15 is 0 Å². The molecule has 1 heterocycles. The predicted octanol–water partition coefficient (Wildman–Crippen LogP) is 4.41. The molecule has 6 nitrogen and oxygen atoms in total. The van der Waals surface area contributed by atoms with E-state index in [1.165, 1.54) is 0 Å². The Labute approximate surface area is 193 Å². The maximum absolute atomic E-state index is 12.7. The third kappa shape index (κ3) is 5.47. The van der Waals surface area contributed by atoms with Crippen molar-refractivity contribution in [2.45, 2.75) is 26.3 Å². The topological polar surface area (TPSA) is 78.5 Å². The highest BCUT2D eigenvalue weighted by atomic mass is 16.2. The molecule has 6 heteroatoms. The van der Waals surface area contributed by atoms with E-state index in [9.17, 15) is 14.4 Å². The molecule has 0 spiro atoms. The molecule has 0 unspecified atom stereocenters. The van der Waals surface area contributed by atoms with E-state index in [-0.39, 0.29) is 17.7 Å². The predicted molar refractivity (Wildman–Crippen MR) is 128 cm³/mol. The van der Waals surface area contributed by atoms with E-state index in [1.54, 1.807) is 36.4 Å². The summed E-state index contributed by atoms with van der Waals surface area (Å²) >= 11 is 0. The first kappa shape index (κ1) is 22.3. The van der Waals surface area contributed by atoms with Gasteiger partial charge in [-0.25, -0.2) is 0 Å². The summed E-state index contributed by atoms with van der Waals surface area (Å²) < 4.78 is 0. The average Bonchev–Trinajstić information content (AvgIpc) is 3.39. The van der Waals surface area contributed by atoms with Gasteiger partial charge < -0.3 is 15.5 Å². The summed E-state index contributed by atoms with van der Waals surface area (Å²) in [6.45, 7) is 3.87. The Morgan fingerprint density at radius 2 is 1.45 bits per heavy atom. The van der Waals surface area contributed by atoms with Crippen LogP contribution in [0.1, 0.15) is 55.0 Å². The lowest BCUT2D eigenvalue weighted by Gasteiger charge is -2.15. The summed E-state index contributed by atoms with van der Waals surface area (Å²) in [6, 6.07) is 21.5. The molecule has 2 N–H and O–H groups in total. The van der Waals surface area contributed by atoms with Gasteiger partial charge in [0.25, 0.3) is 17.7 Å². The maximum Gasteiger partial charge on any atom is 0.255 e. The Hall–Kier alpha value is -3.93. The number of carbonyl (C=O) groups excluding carboxylic acids is 3. The van der Waals surface area contributed by atoms with E-state index in [1.807, 2.05) is 48.2 Å². The van der Waals surface area contributed by atoms with Gasteiger partial charge in [0, 0.05) is 42.0 Å². The standard InChI is InChI=1S/C27H27N3O3/c1-19-9-12-23(17-24(19)29-26(32)21-7-3-2-4-8-21)25(31)28-18-20-10-13-22(14-11-20)27(33)30-15-5-6-16-30/h2-4,7-14,17H,5-6,15-16,18H2,1H3,(H,28,31)(H,29,32). The number of nitrogens with one attached hydrogen (secondary N) is 2. The van der Waals surface area contributed by atoms with Crippen LogP contribution in [0.2, 0.25) is 0 Å². The summed E-state index contributed by atoms with van der Waals surface area (Å²) in [7, 11) is 0. The molecule has 1 saturated heterocycles. The van der Waals surface area contributed by atoms with Crippen molar-refractivity contribution in [2.24, 2.45) is 0 Å². The van der Waals surface area contributed by atoms with Crippen LogP contribution in [-0.2, 0) is 6.54 Å². The molecule has 3 amide bonds. The molecule has 0 atom stereocenters. The molecule has 33 heavy (non-hydrogen) atoms. The number of aryl methyl sites for hydroxylation is 1. The summed E-state index contributed by atoms with van der Waals surface area (Å²) in [6.07, 6.45) is 2.12. The van der Waals surface area contributed by atoms with Gasteiger partial charge in [-0.05, 0) is 67.3 Å². The van der Waals surface area contributed by atoms with Gasteiger partial charge in [0.15, 0.2) is 0 Å². The quantitative estimate of drug-likeness (QED) is 0.595. The molecule has 4 rings (SSSR count). The Kier molecular flexibility index (Phi) is 6.83. The van der Waals surface area contributed by atoms with Crippen molar-refractivity contribution in [3.8, 4) is 0 Å². The zero-order chi connectivity index (χ0) is 23.2. The fraction of sp³-hybridized carbons (Fsp3) is 0.222. The van der Waals surface area contributed by atoms with Gasteiger partial charge in [0.1, 0.15) is 0 Å². The zero-order valence-electron chi connectivity index (χ0n) is 18.6. The average molecular weight is 442 g/mol. The van der Waals surface area contributed by atoms with Crippen LogP contribution in [0.15, 0.2) is 72.8 Å². The van der Waals surface area contributed by atoms with Crippen LogP contribution in [0.5, 0.6) is 0 Å². The number of anilines is 1. The van der Waals surface area contributed by atoms with Crippen molar-refractivity contribution in [2.75, 3.05) is 18.4 Å². The lowest BCUT2D eigenvalue weighted by Crippen LogP contribution is -2.27. The van der Waals surface area contributed by atoms with Crippen LogP contribution in [0, 0.1) is 6.92 Å². The molecule has 0 aliphatic carbocycles. The normalized spacial score (nSPS) is 12.9. The molecule has 0 aromatic heterocycles. The molecular weight excluding hydrogens is 414 g/mol. The Morgan fingerprint density at radius 1 is 0.788 bits per heavy atom. The van der Waals surface area contributed by atoms with Crippen LogP contribution in [0.3, 0.4) is 0 Å². The smallest absolute Gasteiger partial charge is 0.255 e. The second-order valence-corrected chi connectivity index (χ2v) is 8.23. The van der Waals surface area contributed by atoms with Crippen molar-refractivity contribution in [3.63, 3.8) is 0 Å². The van der Waals surface area contributed by atoms with Gasteiger partial charge in [0.05, 0.1) is 0 Å². The maximum atomic E-state index is 12.7. The van der Waals surface area contributed by atoms with Gasteiger partial charge >= 0.3 is 0 Å². The number of carbonyl (C=O) groups is 3. The van der Waals surface area contributed by atoms with Crippen LogP contribution in [-0.4, -0.2) is 35.7 Å². The van der Waals surface area contributed by atoms with Crippen LogP contribution >= 0.6 is 0 Å². The number of hydrogen-bond acceptors (Lipinski definition) is 3. The third-order valence-corrected chi connectivity index (χ3v) is 5.83. The molecule has 0 radical (unpaired) electrons. The number of likely N-dealkylation sites (tertiary alicyclic amines) is 1. The molecular formula is C27H27N3O3. The van der Waals surface area contributed by atoms with Gasteiger partial charge in [-0.15, -0.1) is 0 Å². The minimum atomic E-state index is -0.234. The number of hydrogen-bond donors (Lipinski definition) is 2. The van der Waals surface area contributed by atoms with Crippen molar-refractivity contribution in [1.82, 2.24) is 10.2 Å². The summed E-state index contributed by atoms with van der Waals surface area (Å²) in [5, 5.41) is 5.78. The Morgan fingerprint density at radius 3 is 2.15 bits per heavy atom. The highest BCUT2D eigenvalue weighted by Gasteiger charge is 2.19. The highest BCUT2D eigenvalue weighted by molar-refractivity contribution is 6.05. The van der Waals surface area contributed by atoms with E-state index in [0.717, 1.165) is 37.1 Å². The molecule has 3 aromatic rings. The van der Waals surface area contributed by atoms with Crippen molar-refractivity contribution in [1.29, 1.82) is 0 Å². The second kappa shape index (κ2) is 10.1. The number of benzene rings is 3. The van der Waals surface area contributed by atoms with Crippen LogP contribution < -0.4 is 10.6 Å². The first-order valence-electron chi connectivity index (χ1n) is 11.1. The molecule has 3 aromatic carbocycles. The monoisotopic (exact) mass is 441 g/mol. The van der Waals surface area contributed by atoms with Gasteiger partial charge in [-0.2, -0.15) is 0 Å². The largest absolute Gasteiger partial charge is 0.348 e. The van der Waals surface area contributed by atoms with Gasteiger partial charge in [-0.1, -0.05) is 36.4 Å².